The number of rotatable bonds is 8. The Labute approximate surface area is 174 Å². The average molecular weight is 399 g/mol. The van der Waals surface area contributed by atoms with Gasteiger partial charge >= 0.3 is 0 Å². The Bertz CT molecular complexity index is 733. The van der Waals surface area contributed by atoms with Gasteiger partial charge < -0.3 is 15.4 Å². The Hall–Kier alpha value is -2.38. The van der Waals surface area contributed by atoms with Gasteiger partial charge in [0.2, 0.25) is 0 Å². The van der Waals surface area contributed by atoms with E-state index >= 15 is 0 Å². The SMILES string of the molecule is CN=C(NCCCn1cccn1)NCc1ccc(CN2CC(C)OC(C)C2)cc1. The molecule has 3 rings (SSSR count). The molecule has 0 spiro atoms. The number of aryl methyl sites for hydroxylation is 1. The number of hydrogen-bond donors (Lipinski definition) is 2. The highest BCUT2D eigenvalue weighted by atomic mass is 16.5. The van der Waals surface area contributed by atoms with Crippen LogP contribution in [0.3, 0.4) is 0 Å². The summed E-state index contributed by atoms with van der Waals surface area (Å²) in [5.74, 6) is 0.825. The molecule has 2 aromatic rings. The van der Waals surface area contributed by atoms with Crippen LogP contribution in [-0.4, -0.2) is 59.5 Å². The van der Waals surface area contributed by atoms with Crippen LogP contribution in [0.5, 0.6) is 0 Å². The number of hydrogen-bond acceptors (Lipinski definition) is 4. The van der Waals surface area contributed by atoms with Crippen molar-refractivity contribution in [3.05, 3.63) is 53.9 Å². The summed E-state index contributed by atoms with van der Waals surface area (Å²) in [6.45, 7) is 9.78. The van der Waals surface area contributed by atoms with Gasteiger partial charge in [0.25, 0.3) is 0 Å². The smallest absolute Gasteiger partial charge is 0.191 e. The fourth-order valence-electron chi connectivity index (χ4n) is 3.72. The van der Waals surface area contributed by atoms with Gasteiger partial charge in [-0.3, -0.25) is 14.6 Å². The molecule has 0 amide bonds. The zero-order chi connectivity index (χ0) is 20.5. The second kappa shape index (κ2) is 11.0. The van der Waals surface area contributed by atoms with Gasteiger partial charge in [-0.1, -0.05) is 24.3 Å². The maximum atomic E-state index is 5.82. The van der Waals surface area contributed by atoms with E-state index in [0.29, 0.717) is 12.2 Å². The van der Waals surface area contributed by atoms with Crippen molar-refractivity contribution >= 4 is 5.96 Å². The van der Waals surface area contributed by atoms with Crippen LogP contribution >= 0.6 is 0 Å². The van der Waals surface area contributed by atoms with Gasteiger partial charge in [-0.05, 0) is 37.5 Å². The van der Waals surface area contributed by atoms with Gasteiger partial charge in [0.15, 0.2) is 5.96 Å². The van der Waals surface area contributed by atoms with Gasteiger partial charge in [-0.15, -0.1) is 0 Å². The molecule has 1 aliphatic heterocycles. The van der Waals surface area contributed by atoms with E-state index in [1.54, 1.807) is 13.2 Å². The van der Waals surface area contributed by atoms with E-state index < -0.39 is 0 Å². The molecular formula is C22H34N6O. The molecule has 2 heterocycles. The standard InChI is InChI=1S/C22H34N6O/c1-18-15-27(16-19(2)29-18)17-21-8-6-20(7-9-21)14-25-22(23-3)24-10-4-12-28-13-5-11-26-28/h5-9,11,13,18-19H,4,10,12,14-17H2,1-3H3,(H2,23,24,25). The lowest BCUT2D eigenvalue weighted by Crippen LogP contribution is -2.44. The highest BCUT2D eigenvalue weighted by Crippen LogP contribution is 2.14. The lowest BCUT2D eigenvalue weighted by Gasteiger charge is -2.35. The molecule has 7 nitrogen and oxygen atoms in total. The minimum atomic E-state index is 0.306. The molecule has 29 heavy (non-hydrogen) atoms. The first-order chi connectivity index (χ1) is 14.1. The monoisotopic (exact) mass is 398 g/mol. The summed E-state index contributed by atoms with van der Waals surface area (Å²) in [7, 11) is 1.80. The molecule has 1 aliphatic rings. The fraction of sp³-hybridized carbons (Fsp3) is 0.545. The summed E-state index contributed by atoms with van der Waals surface area (Å²) in [5, 5.41) is 11.0. The zero-order valence-corrected chi connectivity index (χ0v) is 17.8. The third kappa shape index (κ3) is 7.18. The van der Waals surface area contributed by atoms with E-state index in [2.05, 4.69) is 63.7 Å². The summed E-state index contributed by atoms with van der Waals surface area (Å²) in [6, 6.07) is 10.8. The van der Waals surface area contributed by atoms with E-state index in [1.807, 2.05) is 16.9 Å². The number of aliphatic imine (C=N–C) groups is 1. The third-order valence-corrected chi connectivity index (χ3v) is 5.02. The van der Waals surface area contributed by atoms with Gasteiger partial charge in [0.1, 0.15) is 0 Å². The third-order valence-electron chi connectivity index (χ3n) is 5.02. The van der Waals surface area contributed by atoms with E-state index in [1.165, 1.54) is 11.1 Å². The Balaban J connectivity index is 1.38. The van der Waals surface area contributed by atoms with Crippen LogP contribution < -0.4 is 10.6 Å². The predicted molar refractivity (Wildman–Crippen MR) is 117 cm³/mol. The van der Waals surface area contributed by atoms with E-state index in [9.17, 15) is 0 Å². The largest absolute Gasteiger partial charge is 0.373 e. The number of guanidine groups is 1. The maximum Gasteiger partial charge on any atom is 0.191 e. The number of aromatic nitrogens is 2. The van der Waals surface area contributed by atoms with Crippen molar-refractivity contribution in [2.24, 2.45) is 4.99 Å². The van der Waals surface area contributed by atoms with Crippen LogP contribution in [0.1, 0.15) is 31.4 Å². The van der Waals surface area contributed by atoms with Crippen LogP contribution in [-0.2, 0) is 24.4 Å². The number of ether oxygens (including phenoxy) is 1. The lowest BCUT2D eigenvalue weighted by molar-refractivity contribution is -0.0704. The predicted octanol–water partition coefficient (Wildman–Crippen LogP) is 2.25. The van der Waals surface area contributed by atoms with Crippen LogP contribution in [0.25, 0.3) is 0 Å². The molecule has 2 unspecified atom stereocenters. The van der Waals surface area contributed by atoms with E-state index in [-0.39, 0.29) is 0 Å². The Kier molecular flexibility index (Phi) is 8.07. The molecule has 158 valence electrons. The molecule has 0 saturated carbocycles. The van der Waals surface area contributed by atoms with Gasteiger partial charge in [0.05, 0.1) is 12.2 Å². The number of nitrogens with zero attached hydrogens (tertiary/aromatic N) is 4. The molecule has 7 heteroatoms. The molecular weight excluding hydrogens is 364 g/mol. The quantitative estimate of drug-likeness (QED) is 0.406. The first kappa shape index (κ1) is 21.3. The number of nitrogens with one attached hydrogen (secondary N) is 2. The highest BCUT2D eigenvalue weighted by molar-refractivity contribution is 5.79. The van der Waals surface area contributed by atoms with E-state index in [4.69, 9.17) is 4.74 Å². The van der Waals surface area contributed by atoms with Crippen LogP contribution in [0.15, 0.2) is 47.7 Å². The molecule has 0 radical (unpaired) electrons. The molecule has 2 atom stereocenters. The van der Waals surface area contributed by atoms with Crippen molar-refractivity contribution in [3.63, 3.8) is 0 Å². The summed E-state index contributed by atoms with van der Waals surface area (Å²) in [6.07, 6.45) is 5.40. The maximum absolute atomic E-state index is 5.82. The summed E-state index contributed by atoms with van der Waals surface area (Å²) < 4.78 is 7.76. The van der Waals surface area contributed by atoms with Crippen LogP contribution in [0.4, 0.5) is 0 Å². The van der Waals surface area contributed by atoms with Gasteiger partial charge in [-0.25, -0.2) is 0 Å². The number of morpholine rings is 1. The van der Waals surface area contributed by atoms with Crippen molar-refractivity contribution in [3.8, 4) is 0 Å². The summed E-state index contributed by atoms with van der Waals surface area (Å²) in [5.41, 5.74) is 2.59. The summed E-state index contributed by atoms with van der Waals surface area (Å²) >= 11 is 0. The summed E-state index contributed by atoms with van der Waals surface area (Å²) in [4.78, 5) is 6.77. The zero-order valence-electron chi connectivity index (χ0n) is 17.8. The lowest BCUT2D eigenvalue weighted by atomic mass is 10.1. The van der Waals surface area contributed by atoms with Crippen LogP contribution in [0, 0.1) is 0 Å². The fourth-order valence-corrected chi connectivity index (χ4v) is 3.72. The molecule has 1 saturated heterocycles. The van der Waals surface area contributed by atoms with E-state index in [0.717, 1.165) is 51.6 Å². The molecule has 0 bridgehead atoms. The minimum Gasteiger partial charge on any atom is -0.373 e. The second-order valence-corrected chi connectivity index (χ2v) is 7.74. The Morgan fingerprint density at radius 3 is 2.52 bits per heavy atom. The van der Waals surface area contributed by atoms with Crippen molar-refractivity contribution in [1.82, 2.24) is 25.3 Å². The minimum absolute atomic E-state index is 0.306. The first-order valence-electron chi connectivity index (χ1n) is 10.5. The number of benzene rings is 1. The molecule has 1 aromatic heterocycles. The normalized spacial score (nSPS) is 20.6. The highest BCUT2D eigenvalue weighted by Gasteiger charge is 2.21. The topological polar surface area (TPSA) is 66.7 Å². The molecule has 1 fully saturated rings. The van der Waals surface area contributed by atoms with Gasteiger partial charge in [0, 0.05) is 58.7 Å². The molecule has 0 aliphatic carbocycles. The second-order valence-electron chi connectivity index (χ2n) is 7.74. The Morgan fingerprint density at radius 2 is 1.86 bits per heavy atom. The van der Waals surface area contributed by atoms with Gasteiger partial charge in [-0.2, -0.15) is 5.10 Å². The average Bonchev–Trinajstić information content (AvgIpc) is 3.21. The van der Waals surface area contributed by atoms with Crippen molar-refractivity contribution in [2.45, 2.75) is 52.1 Å². The Morgan fingerprint density at radius 1 is 1.14 bits per heavy atom. The van der Waals surface area contributed by atoms with Crippen molar-refractivity contribution < 1.29 is 4.74 Å². The van der Waals surface area contributed by atoms with Crippen LogP contribution in [0.2, 0.25) is 0 Å². The van der Waals surface area contributed by atoms with Crippen molar-refractivity contribution in [1.29, 1.82) is 0 Å². The first-order valence-corrected chi connectivity index (χ1v) is 10.5. The molecule has 2 N–H and O–H groups in total. The molecule has 1 aromatic carbocycles. The van der Waals surface area contributed by atoms with Crippen molar-refractivity contribution in [2.75, 3.05) is 26.7 Å².